The van der Waals surface area contributed by atoms with Crippen molar-refractivity contribution in [3.8, 4) is 0 Å². The Labute approximate surface area is 70.8 Å². The van der Waals surface area contributed by atoms with Crippen molar-refractivity contribution in [1.82, 2.24) is 19.5 Å². The first-order valence-electron chi connectivity index (χ1n) is 3.47. The summed E-state index contributed by atoms with van der Waals surface area (Å²) >= 11 is 0. The number of aromatic nitrogens is 4. The van der Waals surface area contributed by atoms with Gasteiger partial charge >= 0.3 is 11.2 Å². The Morgan fingerprint density at radius 2 is 2.23 bits per heavy atom. The van der Waals surface area contributed by atoms with Gasteiger partial charge in [0.25, 0.3) is 0 Å². The molecule has 0 unspecified atom stereocenters. The molecule has 68 valence electrons. The van der Waals surface area contributed by atoms with E-state index in [9.17, 15) is 9.59 Å². The van der Waals surface area contributed by atoms with Gasteiger partial charge < -0.3 is 10.2 Å². The number of hydrogen-bond acceptors (Lipinski definition) is 4. The van der Waals surface area contributed by atoms with E-state index in [1.165, 1.54) is 10.9 Å². The molecule has 0 radical (unpaired) electrons. The first kappa shape index (κ1) is 7.59. The topological polar surface area (TPSA) is 92.9 Å². The van der Waals surface area contributed by atoms with Crippen LogP contribution in [0.15, 0.2) is 15.8 Å². The highest BCUT2D eigenvalue weighted by atomic mass is 16.5. The van der Waals surface area contributed by atoms with Gasteiger partial charge in [-0.2, -0.15) is 5.10 Å². The van der Waals surface area contributed by atoms with Crippen molar-refractivity contribution in [2.45, 2.75) is 0 Å². The van der Waals surface area contributed by atoms with Crippen LogP contribution in [-0.2, 0) is 7.05 Å². The average Bonchev–Trinajstić information content (AvgIpc) is 2.42. The van der Waals surface area contributed by atoms with E-state index in [0.29, 0.717) is 5.52 Å². The van der Waals surface area contributed by atoms with E-state index in [1.807, 2.05) is 0 Å². The molecule has 0 spiro atoms. The van der Waals surface area contributed by atoms with Crippen LogP contribution in [0.2, 0.25) is 0 Å². The van der Waals surface area contributed by atoms with Crippen molar-refractivity contribution < 1.29 is 5.21 Å². The van der Waals surface area contributed by atoms with Crippen LogP contribution in [-0.4, -0.2) is 24.7 Å². The number of aromatic amines is 1. The third kappa shape index (κ3) is 0.934. The maximum Gasteiger partial charge on any atom is 0.362 e. The Balaban J connectivity index is 3.10. The SMILES string of the molecule is Cn1cc2[nH]c(=O)n(O)c(=O)c2n1. The number of hydrogen-bond donors (Lipinski definition) is 2. The molecule has 2 rings (SSSR count). The van der Waals surface area contributed by atoms with Crippen molar-refractivity contribution in [3.63, 3.8) is 0 Å². The second-order valence-electron chi connectivity index (χ2n) is 2.61. The summed E-state index contributed by atoms with van der Waals surface area (Å²) in [6.45, 7) is 0. The molecular weight excluding hydrogens is 176 g/mol. The van der Waals surface area contributed by atoms with E-state index in [2.05, 4.69) is 10.1 Å². The molecule has 7 heteroatoms. The van der Waals surface area contributed by atoms with Gasteiger partial charge in [-0.25, -0.2) is 4.79 Å². The number of fused-ring (bicyclic) bond motifs is 1. The summed E-state index contributed by atoms with van der Waals surface area (Å²) in [4.78, 5) is 24.4. The molecule has 0 aliphatic heterocycles. The van der Waals surface area contributed by atoms with Crippen molar-refractivity contribution >= 4 is 11.0 Å². The maximum absolute atomic E-state index is 11.2. The van der Waals surface area contributed by atoms with Gasteiger partial charge in [0.15, 0.2) is 5.52 Å². The zero-order valence-corrected chi connectivity index (χ0v) is 6.68. The van der Waals surface area contributed by atoms with Crippen molar-refractivity contribution in [2.75, 3.05) is 0 Å². The summed E-state index contributed by atoms with van der Waals surface area (Å²) in [6.07, 6.45) is 1.48. The highest BCUT2D eigenvalue weighted by Gasteiger charge is 2.08. The molecule has 0 aromatic carbocycles. The number of nitrogens with zero attached hydrogens (tertiary/aromatic N) is 3. The quantitative estimate of drug-likeness (QED) is 0.493. The molecule has 0 saturated heterocycles. The zero-order valence-electron chi connectivity index (χ0n) is 6.68. The number of nitrogens with one attached hydrogen (secondary N) is 1. The standard InChI is InChI=1S/C6H6N4O3/c1-9-2-3-4(8-9)5(11)10(13)6(12)7-3/h2,13H,1H3,(H,7,12). The Morgan fingerprint density at radius 3 is 2.92 bits per heavy atom. The molecule has 2 heterocycles. The third-order valence-corrected chi connectivity index (χ3v) is 1.66. The average molecular weight is 182 g/mol. The summed E-state index contributed by atoms with van der Waals surface area (Å²) in [7, 11) is 1.61. The second-order valence-corrected chi connectivity index (χ2v) is 2.61. The number of aryl methyl sites for hydroxylation is 1. The number of rotatable bonds is 0. The van der Waals surface area contributed by atoms with Gasteiger partial charge in [0.05, 0.1) is 5.52 Å². The van der Waals surface area contributed by atoms with Crippen LogP contribution in [0, 0.1) is 0 Å². The molecule has 0 saturated carbocycles. The van der Waals surface area contributed by atoms with E-state index >= 15 is 0 Å². The van der Waals surface area contributed by atoms with Gasteiger partial charge in [0, 0.05) is 13.2 Å². The van der Waals surface area contributed by atoms with Crippen molar-refractivity contribution in [1.29, 1.82) is 0 Å². The molecule has 7 nitrogen and oxygen atoms in total. The Bertz CT molecular complexity index is 576. The molecule has 0 aliphatic rings. The molecule has 2 aromatic rings. The molecule has 13 heavy (non-hydrogen) atoms. The highest BCUT2D eigenvalue weighted by Crippen LogP contribution is 1.98. The van der Waals surface area contributed by atoms with Crippen LogP contribution in [0.3, 0.4) is 0 Å². The molecule has 0 aliphatic carbocycles. The van der Waals surface area contributed by atoms with Gasteiger partial charge in [0.1, 0.15) is 0 Å². The van der Waals surface area contributed by atoms with Crippen molar-refractivity contribution in [2.24, 2.45) is 7.05 Å². The number of H-pyrrole nitrogens is 1. The van der Waals surface area contributed by atoms with Gasteiger partial charge in [-0.05, 0) is 0 Å². The van der Waals surface area contributed by atoms with E-state index in [-0.39, 0.29) is 10.2 Å². The first-order chi connectivity index (χ1) is 6.09. The maximum atomic E-state index is 11.2. The lowest BCUT2D eigenvalue weighted by Crippen LogP contribution is -2.33. The van der Waals surface area contributed by atoms with Crippen molar-refractivity contribution in [3.05, 3.63) is 27.0 Å². The predicted octanol–water partition coefficient (Wildman–Crippen LogP) is -1.34. The molecule has 2 N–H and O–H groups in total. The lowest BCUT2D eigenvalue weighted by Gasteiger charge is -1.91. The molecular formula is C6H6N4O3. The fourth-order valence-corrected chi connectivity index (χ4v) is 1.10. The van der Waals surface area contributed by atoms with Crippen LogP contribution in [0.1, 0.15) is 0 Å². The summed E-state index contributed by atoms with van der Waals surface area (Å²) in [5, 5.41) is 12.7. The van der Waals surface area contributed by atoms with Crippen LogP contribution in [0.5, 0.6) is 0 Å². The fraction of sp³-hybridized carbons (Fsp3) is 0.167. The first-order valence-corrected chi connectivity index (χ1v) is 3.47. The van der Waals surface area contributed by atoms with Crippen LogP contribution in [0.25, 0.3) is 11.0 Å². The second kappa shape index (κ2) is 2.22. The summed E-state index contributed by atoms with van der Waals surface area (Å²) in [6, 6.07) is 0. The minimum Gasteiger partial charge on any atom is -0.421 e. The minimum absolute atomic E-state index is 0.00463. The lowest BCUT2D eigenvalue weighted by atomic mass is 10.5. The van der Waals surface area contributed by atoms with E-state index in [4.69, 9.17) is 5.21 Å². The van der Waals surface area contributed by atoms with E-state index in [1.54, 1.807) is 7.05 Å². The summed E-state index contributed by atoms with van der Waals surface area (Å²) in [5.41, 5.74) is -1.35. The Morgan fingerprint density at radius 1 is 1.54 bits per heavy atom. The normalized spacial score (nSPS) is 10.8. The summed E-state index contributed by atoms with van der Waals surface area (Å²) in [5.74, 6) is 0. The molecule has 0 atom stereocenters. The summed E-state index contributed by atoms with van der Waals surface area (Å²) < 4.78 is 1.37. The lowest BCUT2D eigenvalue weighted by molar-refractivity contribution is 0.162. The van der Waals surface area contributed by atoms with E-state index in [0.717, 1.165) is 0 Å². The predicted molar refractivity (Wildman–Crippen MR) is 42.8 cm³/mol. The van der Waals surface area contributed by atoms with Gasteiger partial charge in [-0.3, -0.25) is 9.48 Å². The van der Waals surface area contributed by atoms with Gasteiger partial charge in [-0.15, -0.1) is 0 Å². The molecule has 0 bridgehead atoms. The van der Waals surface area contributed by atoms with Crippen LogP contribution in [0.4, 0.5) is 0 Å². The van der Waals surface area contributed by atoms with Crippen LogP contribution >= 0.6 is 0 Å². The molecule has 0 fully saturated rings. The van der Waals surface area contributed by atoms with Gasteiger partial charge in [0.2, 0.25) is 0 Å². The Hall–Kier alpha value is -2.05. The van der Waals surface area contributed by atoms with Gasteiger partial charge in [-0.1, -0.05) is 4.73 Å². The zero-order chi connectivity index (χ0) is 9.59. The highest BCUT2D eigenvalue weighted by molar-refractivity contribution is 5.71. The Kier molecular flexibility index (Phi) is 1.30. The molecule has 0 amide bonds. The monoisotopic (exact) mass is 182 g/mol. The molecule has 2 aromatic heterocycles. The minimum atomic E-state index is -0.870. The fourth-order valence-electron chi connectivity index (χ4n) is 1.10. The van der Waals surface area contributed by atoms with E-state index < -0.39 is 11.2 Å². The smallest absolute Gasteiger partial charge is 0.362 e. The van der Waals surface area contributed by atoms with Crippen LogP contribution < -0.4 is 11.2 Å². The third-order valence-electron chi connectivity index (χ3n) is 1.66. The largest absolute Gasteiger partial charge is 0.421 e.